The minimum absolute atomic E-state index is 0.0612. The predicted molar refractivity (Wildman–Crippen MR) is 107 cm³/mol. The van der Waals surface area contributed by atoms with Crippen LogP contribution < -0.4 is 10.1 Å². The third-order valence-corrected chi connectivity index (χ3v) is 4.23. The molecule has 4 nitrogen and oxygen atoms in total. The SMILES string of the molecule is Cc1ccc(NC(=O)COc2ccc(C(=O)c3ccccc3)cc2)c(Cl)c1. The van der Waals surface area contributed by atoms with E-state index in [-0.39, 0.29) is 18.3 Å². The Morgan fingerprint density at radius 3 is 2.26 bits per heavy atom. The number of benzene rings is 3. The van der Waals surface area contributed by atoms with Crippen molar-refractivity contribution in [2.75, 3.05) is 11.9 Å². The van der Waals surface area contributed by atoms with Gasteiger partial charge in [0.1, 0.15) is 5.75 Å². The minimum atomic E-state index is -0.315. The molecule has 0 aromatic heterocycles. The van der Waals surface area contributed by atoms with E-state index in [0.29, 0.717) is 27.6 Å². The monoisotopic (exact) mass is 379 g/mol. The smallest absolute Gasteiger partial charge is 0.262 e. The zero-order valence-corrected chi connectivity index (χ0v) is 15.5. The standard InChI is InChI=1S/C22H18ClNO3/c1-15-7-12-20(19(23)13-15)24-21(25)14-27-18-10-8-17(9-11-18)22(26)16-5-3-2-4-6-16/h2-13H,14H2,1H3,(H,24,25). The first kappa shape index (κ1) is 18.7. The highest BCUT2D eigenvalue weighted by Crippen LogP contribution is 2.22. The van der Waals surface area contributed by atoms with Crippen LogP contribution in [-0.4, -0.2) is 18.3 Å². The van der Waals surface area contributed by atoms with E-state index < -0.39 is 0 Å². The van der Waals surface area contributed by atoms with Gasteiger partial charge in [-0.25, -0.2) is 0 Å². The zero-order chi connectivity index (χ0) is 19.2. The first-order valence-corrected chi connectivity index (χ1v) is 8.79. The molecule has 0 saturated heterocycles. The highest BCUT2D eigenvalue weighted by Gasteiger charge is 2.10. The maximum absolute atomic E-state index is 12.4. The summed E-state index contributed by atoms with van der Waals surface area (Å²) in [4.78, 5) is 24.4. The summed E-state index contributed by atoms with van der Waals surface area (Å²) in [6, 6.07) is 21.1. The number of ketones is 1. The van der Waals surface area contributed by atoms with Crippen LogP contribution in [0.4, 0.5) is 5.69 Å². The van der Waals surface area contributed by atoms with Crippen LogP contribution in [0.25, 0.3) is 0 Å². The highest BCUT2D eigenvalue weighted by molar-refractivity contribution is 6.33. The largest absolute Gasteiger partial charge is 0.484 e. The van der Waals surface area contributed by atoms with E-state index in [2.05, 4.69) is 5.32 Å². The van der Waals surface area contributed by atoms with Crippen molar-refractivity contribution in [1.82, 2.24) is 0 Å². The Kier molecular flexibility index (Phi) is 5.89. The molecular weight excluding hydrogens is 362 g/mol. The van der Waals surface area contributed by atoms with Gasteiger partial charge in [0, 0.05) is 11.1 Å². The molecular formula is C22H18ClNO3. The minimum Gasteiger partial charge on any atom is -0.484 e. The molecule has 136 valence electrons. The van der Waals surface area contributed by atoms with Crippen LogP contribution in [0, 0.1) is 6.92 Å². The predicted octanol–water partition coefficient (Wildman–Crippen LogP) is 4.90. The van der Waals surface area contributed by atoms with Gasteiger partial charge in [-0.05, 0) is 48.9 Å². The summed E-state index contributed by atoms with van der Waals surface area (Å²) >= 11 is 6.10. The van der Waals surface area contributed by atoms with Crippen molar-refractivity contribution in [2.24, 2.45) is 0 Å². The number of ether oxygens (including phenoxy) is 1. The van der Waals surface area contributed by atoms with Gasteiger partial charge in [-0.3, -0.25) is 9.59 Å². The fourth-order valence-corrected chi connectivity index (χ4v) is 2.80. The molecule has 0 aliphatic carbocycles. The van der Waals surface area contributed by atoms with Gasteiger partial charge >= 0.3 is 0 Å². The quantitative estimate of drug-likeness (QED) is 0.620. The van der Waals surface area contributed by atoms with Crippen LogP contribution in [-0.2, 0) is 4.79 Å². The molecule has 0 saturated carbocycles. The number of nitrogens with one attached hydrogen (secondary N) is 1. The Hall–Kier alpha value is -3.11. The molecule has 0 aliphatic rings. The van der Waals surface area contributed by atoms with E-state index in [1.807, 2.05) is 31.2 Å². The Morgan fingerprint density at radius 2 is 1.59 bits per heavy atom. The Morgan fingerprint density at radius 1 is 0.926 bits per heavy atom. The fourth-order valence-electron chi connectivity index (χ4n) is 2.52. The molecule has 0 bridgehead atoms. The Balaban J connectivity index is 1.57. The van der Waals surface area contributed by atoms with Crippen molar-refractivity contribution in [3.63, 3.8) is 0 Å². The second-order valence-corrected chi connectivity index (χ2v) is 6.45. The zero-order valence-electron chi connectivity index (χ0n) is 14.7. The first-order chi connectivity index (χ1) is 13.0. The van der Waals surface area contributed by atoms with Crippen LogP contribution in [0.1, 0.15) is 21.5 Å². The van der Waals surface area contributed by atoms with E-state index in [0.717, 1.165) is 5.56 Å². The van der Waals surface area contributed by atoms with E-state index in [1.54, 1.807) is 48.5 Å². The molecule has 5 heteroatoms. The number of halogens is 1. The van der Waals surface area contributed by atoms with Gasteiger partial charge in [0.2, 0.25) is 0 Å². The summed E-state index contributed by atoms with van der Waals surface area (Å²) < 4.78 is 5.48. The molecule has 0 atom stereocenters. The third-order valence-electron chi connectivity index (χ3n) is 3.92. The maximum Gasteiger partial charge on any atom is 0.262 e. The molecule has 27 heavy (non-hydrogen) atoms. The molecule has 0 aliphatic heterocycles. The van der Waals surface area contributed by atoms with Crippen LogP contribution in [0.3, 0.4) is 0 Å². The fraction of sp³-hybridized carbons (Fsp3) is 0.0909. The van der Waals surface area contributed by atoms with Crippen molar-refractivity contribution >= 4 is 29.0 Å². The van der Waals surface area contributed by atoms with E-state index in [1.165, 1.54) is 0 Å². The number of anilines is 1. The van der Waals surface area contributed by atoms with E-state index >= 15 is 0 Å². The van der Waals surface area contributed by atoms with E-state index in [4.69, 9.17) is 16.3 Å². The number of rotatable bonds is 6. The summed E-state index contributed by atoms with van der Waals surface area (Å²) in [7, 11) is 0. The lowest BCUT2D eigenvalue weighted by Gasteiger charge is -2.10. The van der Waals surface area contributed by atoms with Gasteiger partial charge < -0.3 is 10.1 Å². The van der Waals surface area contributed by atoms with Gasteiger partial charge in [0.15, 0.2) is 12.4 Å². The van der Waals surface area contributed by atoms with Gasteiger partial charge in [-0.1, -0.05) is 48.0 Å². The summed E-state index contributed by atoms with van der Waals surface area (Å²) in [6.07, 6.45) is 0. The van der Waals surface area contributed by atoms with Crippen LogP contribution >= 0.6 is 11.6 Å². The lowest BCUT2D eigenvalue weighted by Crippen LogP contribution is -2.20. The summed E-state index contributed by atoms with van der Waals surface area (Å²) in [5.74, 6) is 0.129. The van der Waals surface area contributed by atoms with Gasteiger partial charge in [0.25, 0.3) is 5.91 Å². The van der Waals surface area contributed by atoms with Crippen LogP contribution in [0.2, 0.25) is 5.02 Å². The topological polar surface area (TPSA) is 55.4 Å². The number of carbonyl (C=O) groups is 2. The molecule has 3 aromatic carbocycles. The molecule has 0 unspecified atom stereocenters. The number of carbonyl (C=O) groups excluding carboxylic acids is 2. The Labute approximate surface area is 162 Å². The average Bonchev–Trinajstić information content (AvgIpc) is 2.69. The molecule has 0 fully saturated rings. The van der Waals surface area contributed by atoms with Gasteiger partial charge in [-0.2, -0.15) is 0 Å². The van der Waals surface area contributed by atoms with Crippen molar-refractivity contribution in [1.29, 1.82) is 0 Å². The van der Waals surface area contributed by atoms with Gasteiger partial charge in [0.05, 0.1) is 10.7 Å². The van der Waals surface area contributed by atoms with Crippen LogP contribution in [0.15, 0.2) is 72.8 Å². The Bertz CT molecular complexity index is 953. The third kappa shape index (κ3) is 4.96. The lowest BCUT2D eigenvalue weighted by molar-refractivity contribution is -0.118. The lowest BCUT2D eigenvalue weighted by atomic mass is 10.0. The number of aryl methyl sites for hydroxylation is 1. The number of hydrogen-bond donors (Lipinski definition) is 1. The molecule has 3 aromatic rings. The second kappa shape index (κ2) is 8.52. The maximum atomic E-state index is 12.4. The molecule has 1 amide bonds. The summed E-state index contributed by atoms with van der Waals surface area (Å²) in [6.45, 7) is 1.77. The average molecular weight is 380 g/mol. The second-order valence-electron chi connectivity index (χ2n) is 6.04. The first-order valence-electron chi connectivity index (χ1n) is 8.41. The van der Waals surface area contributed by atoms with Crippen molar-refractivity contribution in [3.8, 4) is 5.75 Å². The van der Waals surface area contributed by atoms with Gasteiger partial charge in [-0.15, -0.1) is 0 Å². The van der Waals surface area contributed by atoms with Crippen molar-refractivity contribution < 1.29 is 14.3 Å². The molecule has 0 heterocycles. The summed E-state index contributed by atoms with van der Waals surface area (Å²) in [5.41, 5.74) is 2.74. The van der Waals surface area contributed by atoms with E-state index in [9.17, 15) is 9.59 Å². The molecule has 0 radical (unpaired) electrons. The number of hydrogen-bond acceptors (Lipinski definition) is 3. The summed E-state index contributed by atoms with van der Waals surface area (Å²) in [5, 5.41) is 3.19. The highest BCUT2D eigenvalue weighted by atomic mass is 35.5. The molecule has 3 rings (SSSR count). The normalized spacial score (nSPS) is 10.3. The molecule has 0 spiro atoms. The molecule has 1 N–H and O–H groups in total. The van der Waals surface area contributed by atoms with Crippen LogP contribution in [0.5, 0.6) is 5.75 Å². The number of amides is 1. The van der Waals surface area contributed by atoms with Crippen molar-refractivity contribution in [2.45, 2.75) is 6.92 Å². The van der Waals surface area contributed by atoms with Crippen molar-refractivity contribution in [3.05, 3.63) is 94.5 Å².